The summed E-state index contributed by atoms with van der Waals surface area (Å²) in [6.07, 6.45) is 4.80. The first-order valence-corrected chi connectivity index (χ1v) is 8.70. The fourth-order valence-electron chi connectivity index (χ4n) is 2.96. The number of nitrogens with zero attached hydrogens (tertiary/aromatic N) is 1. The Bertz CT molecular complexity index is 516. The summed E-state index contributed by atoms with van der Waals surface area (Å²) in [5, 5.41) is 0. The highest BCUT2D eigenvalue weighted by atomic mass is 16.5. The van der Waals surface area contributed by atoms with Crippen molar-refractivity contribution in [2.24, 2.45) is 5.92 Å². The summed E-state index contributed by atoms with van der Waals surface area (Å²) in [5.41, 5.74) is 2.02. The van der Waals surface area contributed by atoms with Crippen LogP contribution in [-0.2, 0) is 16.0 Å². The molecule has 1 aromatic carbocycles. The van der Waals surface area contributed by atoms with E-state index in [-0.39, 0.29) is 17.8 Å². The molecule has 4 heteroatoms. The lowest BCUT2D eigenvalue weighted by Gasteiger charge is -2.31. The molecule has 126 valence electrons. The lowest BCUT2D eigenvalue weighted by atomic mass is 9.96. The summed E-state index contributed by atoms with van der Waals surface area (Å²) in [7, 11) is 0. The molecule has 1 saturated heterocycles. The quantitative estimate of drug-likeness (QED) is 0.755. The third-order valence-electron chi connectivity index (χ3n) is 4.42. The van der Waals surface area contributed by atoms with Crippen LogP contribution >= 0.6 is 0 Å². The zero-order valence-electron chi connectivity index (χ0n) is 14.2. The predicted octanol–water partition coefficient (Wildman–Crippen LogP) is 3.44. The number of aryl methyl sites for hydroxylation is 1. The second-order valence-electron chi connectivity index (χ2n) is 6.12. The molecule has 0 spiro atoms. The van der Waals surface area contributed by atoms with Gasteiger partial charge in [0.05, 0.1) is 12.5 Å². The van der Waals surface area contributed by atoms with E-state index in [2.05, 4.69) is 6.92 Å². The fraction of sp³-hybridized carbons (Fsp3) is 0.579. The van der Waals surface area contributed by atoms with E-state index in [1.165, 1.54) is 18.4 Å². The average Bonchev–Trinajstić information content (AvgIpc) is 2.60. The number of unbranched alkanes of at least 4 members (excludes halogenated alkanes) is 1. The van der Waals surface area contributed by atoms with E-state index in [4.69, 9.17) is 4.74 Å². The van der Waals surface area contributed by atoms with Gasteiger partial charge in [-0.3, -0.25) is 9.59 Å². The molecule has 1 aliphatic heterocycles. The zero-order valence-corrected chi connectivity index (χ0v) is 14.2. The minimum Gasteiger partial charge on any atom is -0.466 e. The molecular weight excluding hydrogens is 290 g/mol. The summed E-state index contributed by atoms with van der Waals surface area (Å²) in [6, 6.07) is 7.94. The maximum absolute atomic E-state index is 12.5. The first-order valence-electron chi connectivity index (χ1n) is 8.70. The Morgan fingerprint density at radius 2 is 1.78 bits per heavy atom. The van der Waals surface area contributed by atoms with Gasteiger partial charge in [0.15, 0.2) is 0 Å². The van der Waals surface area contributed by atoms with E-state index in [1.807, 2.05) is 36.1 Å². The number of hydrogen-bond acceptors (Lipinski definition) is 3. The number of esters is 1. The number of ether oxygens (including phenoxy) is 1. The number of rotatable bonds is 6. The second kappa shape index (κ2) is 8.70. The largest absolute Gasteiger partial charge is 0.466 e. The average molecular weight is 317 g/mol. The van der Waals surface area contributed by atoms with E-state index in [0.717, 1.165) is 12.0 Å². The van der Waals surface area contributed by atoms with Crippen LogP contribution in [0, 0.1) is 5.92 Å². The Kier molecular flexibility index (Phi) is 6.63. The smallest absolute Gasteiger partial charge is 0.309 e. The molecule has 1 fully saturated rings. The highest BCUT2D eigenvalue weighted by Gasteiger charge is 2.28. The molecule has 1 aliphatic rings. The van der Waals surface area contributed by atoms with Crippen LogP contribution in [0.3, 0.4) is 0 Å². The summed E-state index contributed by atoms with van der Waals surface area (Å²) < 4.78 is 5.06. The minimum atomic E-state index is -0.125. The number of benzene rings is 1. The predicted molar refractivity (Wildman–Crippen MR) is 90.3 cm³/mol. The Morgan fingerprint density at radius 1 is 1.13 bits per heavy atom. The Hall–Kier alpha value is -1.84. The highest BCUT2D eigenvalue weighted by molar-refractivity contribution is 5.94. The molecule has 0 N–H and O–H groups in total. The maximum Gasteiger partial charge on any atom is 0.309 e. The Balaban J connectivity index is 1.88. The molecule has 0 saturated carbocycles. The number of piperidine rings is 1. The van der Waals surface area contributed by atoms with Gasteiger partial charge in [-0.25, -0.2) is 0 Å². The molecule has 0 bridgehead atoms. The van der Waals surface area contributed by atoms with Gasteiger partial charge in [-0.1, -0.05) is 25.5 Å². The fourth-order valence-corrected chi connectivity index (χ4v) is 2.96. The summed E-state index contributed by atoms with van der Waals surface area (Å²) in [5.74, 6) is -0.121. The molecule has 0 radical (unpaired) electrons. The van der Waals surface area contributed by atoms with Crippen LogP contribution in [0.15, 0.2) is 24.3 Å². The van der Waals surface area contributed by atoms with Crippen LogP contribution in [0.4, 0.5) is 0 Å². The van der Waals surface area contributed by atoms with Crippen molar-refractivity contribution in [3.8, 4) is 0 Å². The monoisotopic (exact) mass is 317 g/mol. The van der Waals surface area contributed by atoms with Gasteiger partial charge < -0.3 is 9.64 Å². The van der Waals surface area contributed by atoms with E-state index in [9.17, 15) is 9.59 Å². The Labute approximate surface area is 138 Å². The van der Waals surface area contributed by atoms with Crippen molar-refractivity contribution in [1.82, 2.24) is 4.90 Å². The third kappa shape index (κ3) is 4.81. The van der Waals surface area contributed by atoms with Crippen molar-refractivity contribution in [2.75, 3.05) is 19.7 Å². The second-order valence-corrected chi connectivity index (χ2v) is 6.12. The first kappa shape index (κ1) is 17.5. The van der Waals surface area contributed by atoms with Crippen molar-refractivity contribution in [3.05, 3.63) is 35.4 Å². The molecular formula is C19H27NO3. The Morgan fingerprint density at radius 3 is 2.35 bits per heavy atom. The van der Waals surface area contributed by atoms with Gasteiger partial charge in [0, 0.05) is 18.7 Å². The normalized spacial score (nSPS) is 15.5. The molecule has 4 nitrogen and oxygen atoms in total. The molecule has 1 amide bonds. The van der Waals surface area contributed by atoms with Crippen LogP contribution < -0.4 is 0 Å². The lowest BCUT2D eigenvalue weighted by Crippen LogP contribution is -2.40. The van der Waals surface area contributed by atoms with Crippen LogP contribution in [0.1, 0.15) is 55.5 Å². The minimum absolute atomic E-state index is 0.0598. The summed E-state index contributed by atoms with van der Waals surface area (Å²) >= 11 is 0. The third-order valence-corrected chi connectivity index (χ3v) is 4.42. The number of amides is 1. The van der Waals surface area contributed by atoms with E-state index >= 15 is 0 Å². The molecule has 0 aromatic heterocycles. The zero-order chi connectivity index (χ0) is 16.7. The summed E-state index contributed by atoms with van der Waals surface area (Å²) in [6.45, 7) is 5.67. The van der Waals surface area contributed by atoms with Gasteiger partial charge >= 0.3 is 5.97 Å². The molecule has 0 atom stereocenters. The molecule has 0 aliphatic carbocycles. The topological polar surface area (TPSA) is 46.6 Å². The first-order chi connectivity index (χ1) is 11.2. The van der Waals surface area contributed by atoms with E-state index < -0.39 is 0 Å². The van der Waals surface area contributed by atoms with Crippen molar-refractivity contribution >= 4 is 11.9 Å². The number of carbonyl (C=O) groups excluding carboxylic acids is 2. The number of likely N-dealkylation sites (tertiary alicyclic amines) is 1. The lowest BCUT2D eigenvalue weighted by molar-refractivity contribution is -0.149. The highest BCUT2D eigenvalue weighted by Crippen LogP contribution is 2.20. The number of carbonyl (C=O) groups is 2. The standard InChI is InChI=1S/C19H27NO3/c1-3-5-6-15-7-9-16(10-8-15)18(21)20-13-11-17(12-14-20)19(22)23-4-2/h7-10,17H,3-6,11-14H2,1-2H3. The van der Waals surface area contributed by atoms with Gasteiger partial charge in [-0.15, -0.1) is 0 Å². The molecule has 0 unspecified atom stereocenters. The van der Waals surface area contributed by atoms with E-state index in [1.54, 1.807) is 0 Å². The van der Waals surface area contributed by atoms with Crippen LogP contribution in [0.25, 0.3) is 0 Å². The van der Waals surface area contributed by atoms with Gasteiger partial charge in [0.1, 0.15) is 0 Å². The van der Waals surface area contributed by atoms with Gasteiger partial charge in [-0.05, 0) is 50.3 Å². The van der Waals surface area contributed by atoms with Crippen molar-refractivity contribution in [3.63, 3.8) is 0 Å². The van der Waals surface area contributed by atoms with Gasteiger partial charge in [0.25, 0.3) is 5.91 Å². The van der Waals surface area contributed by atoms with Crippen molar-refractivity contribution < 1.29 is 14.3 Å². The van der Waals surface area contributed by atoms with Crippen LogP contribution in [-0.4, -0.2) is 36.5 Å². The van der Waals surface area contributed by atoms with E-state index in [0.29, 0.717) is 32.5 Å². The SMILES string of the molecule is CCCCc1ccc(C(=O)N2CCC(C(=O)OCC)CC2)cc1. The van der Waals surface area contributed by atoms with Gasteiger partial charge in [-0.2, -0.15) is 0 Å². The summed E-state index contributed by atoms with van der Waals surface area (Å²) in [4.78, 5) is 26.1. The van der Waals surface area contributed by atoms with Crippen LogP contribution in [0.5, 0.6) is 0 Å². The number of hydrogen-bond donors (Lipinski definition) is 0. The molecule has 1 heterocycles. The van der Waals surface area contributed by atoms with Gasteiger partial charge in [0.2, 0.25) is 0 Å². The molecule has 2 rings (SSSR count). The molecule has 23 heavy (non-hydrogen) atoms. The maximum atomic E-state index is 12.5. The molecule has 1 aromatic rings. The van der Waals surface area contributed by atoms with Crippen LogP contribution in [0.2, 0.25) is 0 Å². The van der Waals surface area contributed by atoms with Crippen molar-refractivity contribution in [2.45, 2.75) is 46.0 Å². The van der Waals surface area contributed by atoms with Crippen molar-refractivity contribution in [1.29, 1.82) is 0 Å².